The Balaban J connectivity index is 0.000000177. The molecule has 2 fully saturated rings. The van der Waals surface area contributed by atoms with Crippen LogP contribution >= 0.6 is 0 Å². The van der Waals surface area contributed by atoms with Gasteiger partial charge in [-0.15, -0.1) is 0 Å². The van der Waals surface area contributed by atoms with Crippen LogP contribution in [0.3, 0.4) is 0 Å². The minimum Gasteiger partial charge on any atom is -0.491 e. The van der Waals surface area contributed by atoms with Crippen LogP contribution in [0.15, 0.2) is 36.4 Å². The highest BCUT2D eigenvalue weighted by molar-refractivity contribution is 6.14. The molecule has 1 spiro atoms. The molecule has 0 aromatic heterocycles. The lowest BCUT2D eigenvalue weighted by atomic mass is 10.2. The maximum Gasteiger partial charge on any atom is 0.348 e. The average molecular weight is 332 g/mol. The largest absolute Gasteiger partial charge is 0.491 e. The molecule has 1 saturated heterocycles. The average Bonchev–Trinajstić information content (AvgIpc) is 2.95. The third-order valence-electron chi connectivity index (χ3n) is 3.87. The number of para-hydroxylation sites is 1. The molecule has 1 aromatic carbocycles. The number of rotatable bonds is 2. The Hall–Kier alpha value is -2.30. The molecule has 3 rings (SSSR count). The van der Waals surface area contributed by atoms with Crippen molar-refractivity contribution in [3.8, 4) is 5.75 Å². The van der Waals surface area contributed by atoms with E-state index in [2.05, 4.69) is 19.6 Å². The summed E-state index contributed by atoms with van der Waals surface area (Å²) < 4.78 is 15.6. The van der Waals surface area contributed by atoms with Crippen LogP contribution in [0.5, 0.6) is 5.75 Å². The van der Waals surface area contributed by atoms with Crippen molar-refractivity contribution in [2.45, 2.75) is 58.3 Å². The Kier molecular flexibility index (Phi) is 5.65. The normalized spacial score (nSPS) is 18.8. The Morgan fingerprint density at radius 2 is 1.62 bits per heavy atom. The second-order valence-corrected chi connectivity index (χ2v) is 6.31. The highest BCUT2D eigenvalue weighted by Gasteiger charge is 2.47. The van der Waals surface area contributed by atoms with E-state index in [0.29, 0.717) is 12.8 Å². The summed E-state index contributed by atoms with van der Waals surface area (Å²) in [6.45, 7) is 9.40. The summed E-state index contributed by atoms with van der Waals surface area (Å²) in [5.74, 6) is -1.26. The predicted molar refractivity (Wildman–Crippen MR) is 89.5 cm³/mol. The highest BCUT2D eigenvalue weighted by atomic mass is 16.7. The van der Waals surface area contributed by atoms with E-state index >= 15 is 0 Å². The van der Waals surface area contributed by atoms with E-state index in [1.165, 1.54) is 5.56 Å². The Morgan fingerprint density at radius 3 is 2.12 bits per heavy atom. The molecule has 1 aliphatic heterocycles. The number of aryl methyl sites for hydroxylation is 1. The Morgan fingerprint density at radius 1 is 1.08 bits per heavy atom. The summed E-state index contributed by atoms with van der Waals surface area (Å²) in [6.07, 6.45) is 3.33. The molecule has 0 amide bonds. The molecule has 0 bridgehead atoms. The fraction of sp³-hybridized carbons (Fsp3) is 0.474. The maximum atomic E-state index is 11.1. The first kappa shape index (κ1) is 18.0. The molecule has 0 atom stereocenters. The van der Waals surface area contributed by atoms with Gasteiger partial charge in [-0.3, -0.25) is 0 Å². The number of esters is 2. The zero-order chi connectivity index (χ0) is 17.7. The number of hydrogen-bond donors (Lipinski definition) is 0. The van der Waals surface area contributed by atoms with Gasteiger partial charge in [-0.2, -0.15) is 0 Å². The van der Waals surface area contributed by atoms with E-state index in [1.807, 2.05) is 32.0 Å². The van der Waals surface area contributed by atoms with Gasteiger partial charge in [-0.05, 0) is 45.2 Å². The molecule has 0 radical (unpaired) electrons. The summed E-state index contributed by atoms with van der Waals surface area (Å²) in [5.41, 5.74) is 0.985. The standard InChI is InChI=1S/C10H14O.C9H10O4/c1-8(2)11-10-7-5-4-6-9(10)3;1-6-7(10)12-9(13-8(6)11)4-2-3-5-9/h4-8H,1-3H3;1-5H2. The van der Waals surface area contributed by atoms with Gasteiger partial charge in [-0.1, -0.05) is 24.8 Å². The summed E-state index contributed by atoms with van der Waals surface area (Å²) in [6, 6.07) is 8.06. The van der Waals surface area contributed by atoms with Crippen molar-refractivity contribution >= 4 is 11.9 Å². The SMILES string of the molecule is C=C1C(=O)OC2(CCCC2)OC1=O.Cc1ccccc1OC(C)C. The monoisotopic (exact) mass is 332 g/mol. The van der Waals surface area contributed by atoms with Gasteiger partial charge in [0.1, 0.15) is 11.3 Å². The van der Waals surface area contributed by atoms with E-state index in [9.17, 15) is 9.59 Å². The molecule has 0 unspecified atom stereocenters. The predicted octanol–water partition coefficient (Wildman–Crippen LogP) is 3.70. The minimum absolute atomic E-state index is 0.211. The smallest absolute Gasteiger partial charge is 0.348 e. The Labute approximate surface area is 142 Å². The van der Waals surface area contributed by atoms with E-state index in [1.54, 1.807) is 0 Å². The van der Waals surface area contributed by atoms with Crippen LogP contribution in [0, 0.1) is 6.92 Å². The van der Waals surface area contributed by atoms with E-state index in [4.69, 9.17) is 14.2 Å². The number of hydrogen-bond acceptors (Lipinski definition) is 5. The number of benzene rings is 1. The van der Waals surface area contributed by atoms with E-state index in [0.717, 1.165) is 18.6 Å². The van der Waals surface area contributed by atoms with Crippen molar-refractivity contribution in [2.24, 2.45) is 0 Å². The van der Waals surface area contributed by atoms with Crippen LogP contribution in [-0.2, 0) is 19.1 Å². The van der Waals surface area contributed by atoms with Gasteiger partial charge in [0.2, 0.25) is 0 Å². The number of carbonyl (C=O) groups is 2. The van der Waals surface area contributed by atoms with Crippen molar-refractivity contribution in [1.82, 2.24) is 0 Å². The van der Waals surface area contributed by atoms with Crippen LogP contribution in [0.25, 0.3) is 0 Å². The van der Waals surface area contributed by atoms with Crippen molar-refractivity contribution in [3.05, 3.63) is 42.0 Å². The van der Waals surface area contributed by atoms with Gasteiger partial charge in [-0.25, -0.2) is 9.59 Å². The van der Waals surface area contributed by atoms with E-state index in [-0.39, 0.29) is 11.7 Å². The van der Waals surface area contributed by atoms with Gasteiger partial charge in [0.15, 0.2) is 0 Å². The summed E-state index contributed by atoms with van der Waals surface area (Å²) in [4.78, 5) is 22.3. The third kappa shape index (κ3) is 4.37. The van der Waals surface area contributed by atoms with Crippen molar-refractivity contribution < 1.29 is 23.8 Å². The lowest BCUT2D eigenvalue weighted by Crippen LogP contribution is -2.44. The second-order valence-electron chi connectivity index (χ2n) is 6.31. The van der Waals surface area contributed by atoms with Crippen LogP contribution < -0.4 is 4.74 Å². The zero-order valence-electron chi connectivity index (χ0n) is 14.5. The van der Waals surface area contributed by atoms with Crippen molar-refractivity contribution in [1.29, 1.82) is 0 Å². The maximum absolute atomic E-state index is 11.1. The number of ether oxygens (including phenoxy) is 3. The second kappa shape index (κ2) is 7.51. The molecule has 2 aliphatic rings. The van der Waals surface area contributed by atoms with Gasteiger partial charge >= 0.3 is 11.9 Å². The first-order valence-corrected chi connectivity index (χ1v) is 8.21. The molecule has 1 aliphatic carbocycles. The first-order valence-electron chi connectivity index (χ1n) is 8.21. The van der Waals surface area contributed by atoms with Gasteiger partial charge < -0.3 is 14.2 Å². The molecule has 1 saturated carbocycles. The lowest BCUT2D eigenvalue weighted by Gasteiger charge is -2.32. The van der Waals surface area contributed by atoms with Crippen LogP contribution in [0.2, 0.25) is 0 Å². The fourth-order valence-corrected chi connectivity index (χ4v) is 2.63. The van der Waals surface area contributed by atoms with Gasteiger partial charge in [0, 0.05) is 12.8 Å². The highest BCUT2D eigenvalue weighted by Crippen LogP contribution is 2.37. The third-order valence-corrected chi connectivity index (χ3v) is 3.87. The van der Waals surface area contributed by atoms with Crippen LogP contribution in [0.4, 0.5) is 0 Å². The van der Waals surface area contributed by atoms with Crippen molar-refractivity contribution in [2.75, 3.05) is 0 Å². The molecular weight excluding hydrogens is 308 g/mol. The van der Waals surface area contributed by atoms with Crippen molar-refractivity contribution in [3.63, 3.8) is 0 Å². The molecule has 5 heteroatoms. The number of carbonyl (C=O) groups excluding carboxylic acids is 2. The van der Waals surface area contributed by atoms with Crippen LogP contribution in [0.1, 0.15) is 45.1 Å². The Bertz CT molecular complexity index is 604. The minimum atomic E-state index is -0.963. The zero-order valence-corrected chi connectivity index (χ0v) is 14.5. The lowest BCUT2D eigenvalue weighted by molar-refractivity contribution is -0.232. The molecule has 1 aromatic rings. The fourth-order valence-electron chi connectivity index (χ4n) is 2.63. The molecule has 24 heavy (non-hydrogen) atoms. The molecule has 0 N–H and O–H groups in total. The first-order chi connectivity index (χ1) is 11.3. The van der Waals surface area contributed by atoms with Gasteiger partial charge in [0.25, 0.3) is 5.79 Å². The summed E-state index contributed by atoms with van der Waals surface area (Å²) >= 11 is 0. The summed E-state index contributed by atoms with van der Waals surface area (Å²) in [5, 5.41) is 0. The molecule has 1 heterocycles. The van der Waals surface area contributed by atoms with E-state index < -0.39 is 17.7 Å². The molecule has 5 nitrogen and oxygen atoms in total. The molecular formula is C19H24O5. The quantitative estimate of drug-likeness (QED) is 0.469. The van der Waals surface area contributed by atoms with Crippen LogP contribution in [-0.4, -0.2) is 23.8 Å². The molecule has 130 valence electrons. The topological polar surface area (TPSA) is 61.8 Å². The summed E-state index contributed by atoms with van der Waals surface area (Å²) in [7, 11) is 0. The van der Waals surface area contributed by atoms with Gasteiger partial charge in [0.05, 0.1) is 6.10 Å².